The fourth-order valence-electron chi connectivity index (χ4n) is 3.62. The molecule has 0 spiro atoms. The fraction of sp³-hybridized carbons (Fsp3) is 0.636. The molecule has 1 aliphatic heterocycles. The molecule has 160 valence electrons. The summed E-state index contributed by atoms with van der Waals surface area (Å²) in [5.41, 5.74) is 1.16. The van der Waals surface area contributed by atoms with Gasteiger partial charge in [-0.25, -0.2) is 0 Å². The number of fused-ring (bicyclic) bond motifs is 1. The second-order valence-corrected chi connectivity index (χ2v) is 8.51. The molecule has 0 bridgehead atoms. The fourth-order valence-corrected chi connectivity index (χ4v) is 3.62. The number of hydrogen-bond donors (Lipinski definition) is 1. The summed E-state index contributed by atoms with van der Waals surface area (Å²) in [7, 11) is 5.55. The summed E-state index contributed by atoms with van der Waals surface area (Å²) in [4.78, 5) is 29.2. The lowest BCUT2D eigenvalue weighted by Crippen LogP contribution is -2.45. The van der Waals surface area contributed by atoms with E-state index in [9.17, 15) is 9.59 Å². The molecule has 29 heavy (non-hydrogen) atoms. The van der Waals surface area contributed by atoms with Gasteiger partial charge in [0.2, 0.25) is 5.91 Å². The van der Waals surface area contributed by atoms with Gasteiger partial charge in [-0.3, -0.25) is 14.5 Å². The summed E-state index contributed by atoms with van der Waals surface area (Å²) >= 11 is 0. The van der Waals surface area contributed by atoms with Crippen molar-refractivity contribution in [3.05, 3.63) is 23.8 Å². The smallest absolute Gasteiger partial charge is 0.257 e. The van der Waals surface area contributed by atoms with Gasteiger partial charge in [0.05, 0.1) is 11.7 Å². The lowest BCUT2D eigenvalue weighted by molar-refractivity contribution is -0.117. The van der Waals surface area contributed by atoms with Crippen molar-refractivity contribution < 1.29 is 19.1 Å². The Bertz CT molecular complexity index is 750. The summed E-state index contributed by atoms with van der Waals surface area (Å²) in [6.45, 7) is 6.04. The van der Waals surface area contributed by atoms with E-state index >= 15 is 0 Å². The van der Waals surface area contributed by atoms with E-state index in [1.54, 1.807) is 37.3 Å². The maximum Gasteiger partial charge on any atom is 0.257 e. The molecule has 2 amide bonds. The Hall–Kier alpha value is -2.12. The van der Waals surface area contributed by atoms with Crippen molar-refractivity contribution in [1.82, 2.24) is 9.80 Å². The zero-order chi connectivity index (χ0) is 21.1. The zero-order valence-electron chi connectivity index (χ0n) is 18.1. The van der Waals surface area contributed by atoms with Crippen LogP contribution in [0, 0.1) is 11.8 Å². The number of nitrogens with one attached hydrogen (secondary N) is 1. The lowest BCUT2D eigenvalue weighted by atomic mass is 10.0. The number of anilines is 1. The Morgan fingerprint density at radius 3 is 2.59 bits per heavy atom. The van der Waals surface area contributed by atoms with Crippen molar-refractivity contribution in [2.75, 3.05) is 46.2 Å². The SMILES string of the molecule is CO[C@@H]1CN(C)C(=O)c2ccc(NC(=O)C3CC3)cc2OC[C@@H](C)N(C)C[C@H]1C. The van der Waals surface area contributed by atoms with E-state index in [0.717, 1.165) is 19.4 Å². The van der Waals surface area contributed by atoms with E-state index in [-0.39, 0.29) is 35.8 Å². The summed E-state index contributed by atoms with van der Waals surface area (Å²) in [6.07, 6.45) is 1.83. The average Bonchev–Trinajstić information content (AvgIpc) is 3.54. The minimum absolute atomic E-state index is 0.0339. The molecule has 0 saturated heterocycles. The van der Waals surface area contributed by atoms with Gasteiger partial charge < -0.3 is 19.7 Å². The van der Waals surface area contributed by atoms with Gasteiger partial charge in [0.15, 0.2) is 0 Å². The van der Waals surface area contributed by atoms with Gasteiger partial charge in [-0.1, -0.05) is 6.92 Å². The highest BCUT2D eigenvalue weighted by molar-refractivity contribution is 5.99. The monoisotopic (exact) mass is 403 g/mol. The Morgan fingerprint density at radius 2 is 1.93 bits per heavy atom. The van der Waals surface area contributed by atoms with E-state index < -0.39 is 0 Å². The van der Waals surface area contributed by atoms with E-state index in [0.29, 0.717) is 30.2 Å². The van der Waals surface area contributed by atoms with Gasteiger partial charge in [0.1, 0.15) is 12.4 Å². The maximum atomic E-state index is 13.1. The van der Waals surface area contributed by atoms with Gasteiger partial charge in [-0.15, -0.1) is 0 Å². The molecule has 1 aromatic rings. The van der Waals surface area contributed by atoms with Crippen LogP contribution in [0.15, 0.2) is 18.2 Å². The second kappa shape index (κ2) is 9.13. The Balaban J connectivity index is 1.88. The molecule has 0 unspecified atom stereocenters. The zero-order valence-corrected chi connectivity index (χ0v) is 18.1. The molecule has 3 rings (SSSR count). The van der Waals surface area contributed by atoms with Crippen molar-refractivity contribution in [2.24, 2.45) is 11.8 Å². The van der Waals surface area contributed by atoms with Crippen LogP contribution < -0.4 is 10.1 Å². The molecular weight excluding hydrogens is 370 g/mol. The van der Waals surface area contributed by atoms with E-state index in [1.807, 2.05) is 0 Å². The topological polar surface area (TPSA) is 71.1 Å². The predicted molar refractivity (Wildman–Crippen MR) is 112 cm³/mol. The minimum atomic E-state index is -0.115. The quantitative estimate of drug-likeness (QED) is 0.840. The van der Waals surface area contributed by atoms with E-state index in [2.05, 4.69) is 31.1 Å². The van der Waals surface area contributed by atoms with Crippen LogP contribution in [-0.2, 0) is 9.53 Å². The van der Waals surface area contributed by atoms with Crippen LogP contribution in [0.2, 0.25) is 0 Å². The standard InChI is InChI=1S/C22H33N3O4/c1-14-11-24(3)15(2)13-29-19-10-17(23-21(26)16-6-7-16)8-9-18(19)22(27)25(4)12-20(14)28-5/h8-10,14-16,20H,6-7,11-13H2,1-5H3,(H,23,26)/t14-,15-,20-/m1/s1. The second-order valence-electron chi connectivity index (χ2n) is 8.51. The van der Waals surface area contributed by atoms with Crippen LogP contribution in [0.4, 0.5) is 5.69 Å². The third-order valence-electron chi connectivity index (χ3n) is 5.97. The first-order chi connectivity index (χ1) is 13.8. The highest BCUT2D eigenvalue weighted by Crippen LogP contribution is 2.31. The maximum absolute atomic E-state index is 13.1. The van der Waals surface area contributed by atoms with Crippen molar-refractivity contribution in [2.45, 2.75) is 38.8 Å². The first-order valence-electron chi connectivity index (χ1n) is 10.4. The van der Waals surface area contributed by atoms with Crippen molar-refractivity contribution in [1.29, 1.82) is 0 Å². The molecule has 3 atom stereocenters. The molecule has 0 aromatic heterocycles. The number of rotatable bonds is 3. The largest absolute Gasteiger partial charge is 0.491 e. The Morgan fingerprint density at radius 1 is 1.21 bits per heavy atom. The van der Waals surface area contributed by atoms with Gasteiger partial charge in [-0.05, 0) is 44.9 Å². The minimum Gasteiger partial charge on any atom is -0.491 e. The van der Waals surface area contributed by atoms with Gasteiger partial charge in [-0.2, -0.15) is 0 Å². The molecule has 1 N–H and O–H groups in total. The normalized spacial score (nSPS) is 26.7. The summed E-state index contributed by atoms with van der Waals surface area (Å²) in [5, 5.41) is 2.93. The van der Waals surface area contributed by atoms with Crippen LogP contribution in [-0.4, -0.2) is 74.7 Å². The number of benzene rings is 1. The van der Waals surface area contributed by atoms with E-state index in [4.69, 9.17) is 9.47 Å². The molecule has 1 saturated carbocycles. The van der Waals surface area contributed by atoms with Gasteiger partial charge in [0.25, 0.3) is 5.91 Å². The van der Waals surface area contributed by atoms with Crippen molar-refractivity contribution in [3.63, 3.8) is 0 Å². The van der Waals surface area contributed by atoms with Crippen LogP contribution >= 0.6 is 0 Å². The van der Waals surface area contributed by atoms with Crippen LogP contribution in [0.3, 0.4) is 0 Å². The molecule has 1 aromatic carbocycles. The first kappa shape index (κ1) is 21.6. The third kappa shape index (κ3) is 5.28. The number of nitrogens with zero attached hydrogens (tertiary/aromatic N) is 2. The molecule has 1 heterocycles. The molecule has 2 aliphatic rings. The molecule has 1 fully saturated rings. The number of carbonyl (C=O) groups is 2. The summed E-state index contributed by atoms with van der Waals surface area (Å²) in [6, 6.07) is 5.43. The number of likely N-dealkylation sites (N-methyl/N-ethyl adjacent to an activating group) is 2. The number of ether oxygens (including phenoxy) is 2. The van der Waals surface area contributed by atoms with Crippen LogP contribution in [0.25, 0.3) is 0 Å². The van der Waals surface area contributed by atoms with Crippen LogP contribution in [0.5, 0.6) is 5.75 Å². The Labute approximate surface area is 173 Å². The number of carbonyl (C=O) groups excluding carboxylic acids is 2. The number of hydrogen-bond acceptors (Lipinski definition) is 5. The Kier molecular flexibility index (Phi) is 6.80. The van der Waals surface area contributed by atoms with Crippen LogP contribution in [0.1, 0.15) is 37.0 Å². The van der Waals surface area contributed by atoms with Gasteiger partial charge >= 0.3 is 0 Å². The number of amides is 2. The molecule has 1 aliphatic carbocycles. The molecule has 7 heteroatoms. The lowest BCUT2D eigenvalue weighted by Gasteiger charge is -2.34. The molecular formula is C22H33N3O4. The number of methoxy groups -OCH3 is 1. The molecule has 7 nitrogen and oxygen atoms in total. The highest BCUT2D eigenvalue weighted by atomic mass is 16.5. The predicted octanol–water partition coefficient (Wildman–Crippen LogP) is 2.47. The van der Waals surface area contributed by atoms with Crippen molar-refractivity contribution >= 4 is 17.5 Å². The molecule has 0 radical (unpaired) electrons. The first-order valence-corrected chi connectivity index (χ1v) is 10.4. The summed E-state index contributed by atoms with van der Waals surface area (Å²) < 4.78 is 11.8. The highest BCUT2D eigenvalue weighted by Gasteiger charge is 2.30. The third-order valence-corrected chi connectivity index (χ3v) is 5.97. The van der Waals surface area contributed by atoms with Gasteiger partial charge in [0, 0.05) is 51.0 Å². The van der Waals surface area contributed by atoms with E-state index in [1.165, 1.54) is 0 Å². The average molecular weight is 404 g/mol. The summed E-state index contributed by atoms with van der Waals surface area (Å²) in [5.74, 6) is 0.800. The van der Waals surface area contributed by atoms with Crippen molar-refractivity contribution in [3.8, 4) is 5.75 Å².